The first-order valence-electron chi connectivity index (χ1n) is 24.7. The van der Waals surface area contributed by atoms with E-state index in [1.165, 1.54) is 0 Å². The van der Waals surface area contributed by atoms with Gasteiger partial charge >= 0.3 is 0 Å². The molecule has 6 heteroatoms. The zero-order chi connectivity index (χ0) is 51.0. The lowest BCUT2D eigenvalue weighted by molar-refractivity contribution is -0.0107. The van der Waals surface area contributed by atoms with E-state index in [4.69, 9.17) is 23.7 Å². The molecule has 0 amide bonds. The van der Waals surface area contributed by atoms with E-state index in [1.807, 2.05) is 78.9 Å². The molecule has 10 aromatic rings. The van der Waals surface area contributed by atoms with Gasteiger partial charge in [0.05, 0.1) is 41.1 Å². The second kappa shape index (κ2) is 21.8. The minimum absolute atomic E-state index is 0.124. The largest absolute Gasteiger partial charge is 0.497 e. The molecule has 10 rings (SSSR count). The summed E-state index contributed by atoms with van der Waals surface area (Å²) in [4.78, 5) is 0. The van der Waals surface area contributed by atoms with Crippen LogP contribution in [0.15, 0.2) is 194 Å². The average Bonchev–Trinajstić information content (AvgIpc) is 3.46. The lowest BCUT2D eigenvalue weighted by Crippen LogP contribution is -2.35. The lowest BCUT2D eigenvalue weighted by atomic mass is 9.79. The van der Waals surface area contributed by atoms with E-state index in [-0.39, 0.29) is 5.92 Å². The van der Waals surface area contributed by atoms with Gasteiger partial charge in [0.1, 0.15) is 28.6 Å². The van der Waals surface area contributed by atoms with Crippen LogP contribution in [0.4, 0.5) is 0 Å². The third-order valence-corrected chi connectivity index (χ3v) is 13.9. The number of hydrogen-bond acceptors (Lipinski definition) is 6. The predicted octanol–water partition coefficient (Wildman–Crippen LogP) is 14.7. The molecule has 0 heterocycles. The van der Waals surface area contributed by atoms with Crippen molar-refractivity contribution in [2.75, 3.05) is 35.0 Å². The molecule has 0 fully saturated rings. The van der Waals surface area contributed by atoms with Crippen molar-refractivity contribution in [1.82, 2.24) is 0 Å². The Morgan fingerprint density at radius 1 is 0.446 bits per heavy atom. The maximum atomic E-state index is 10.3. The molecule has 0 bridgehead atoms. The highest BCUT2D eigenvalue weighted by molar-refractivity contribution is 6.10. The van der Waals surface area contributed by atoms with Gasteiger partial charge in [0.15, 0.2) is 0 Å². The van der Waals surface area contributed by atoms with Crippen molar-refractivity contribution in [2.45, 2.75) is 18.4 Å². The van der Waals surface area contributed by atoms with E-state index >= 15 is 0 Å². The number of nitrogens with zero attached hydrogens (tertiary/aromatic N) is 1. The van der Waals surface area contributed by atoms with Crippen molar-refractivity contribution in [3.8, 4) is 52.7 Å². The summed E-state index contributed by atoms with van der Waals surface area (Å²) in [6.07, 6.45) is 1.11. The van der Waals surface area contributed by atoms with Crippen molar-refractivity contribution < 1.29 is 23.7 Å². The van der Waals surface area contributed by atoms with E-state index < -0.39 is 11.5 Å². The van der Waals surface area contributed by atoms with Crippen molar-refractivity contribution in [2.24, 2.45) is 11.8 Å². The van der Waals surface area contributed by atoms with Crippen molar-refractivity contribution in [1.29, 1.82) is 5.26 Å². The molecule has 2 atom stereocenters. The Morgan fingerprint density at radius 2 is 0.905 bits per heavy atom. The minimum Gasteiger partial charge on any atom is -0.497 e. The molecule has 0 saturated heterocycles. The van der Waals surface area contributed by atoms with E-state index in [9.17, 15) is 5.26 Å². The van der Waals surface area contributed by atoms with Gasteiger partial charge in [-0.15, -0.1) is 0 Å². The van der Waals surface area contributed by atoms with Crippen LogP contribution in [-0.4, -0.2) is 35.0 Å². The molecule has 0 spiro atoms. The molecule has 0 aliphatic rings. The second-order valence-electron chi connectivity index (χ2n) is 18.4. The quantitative estimate of drug-likeness (QED) is 0.0614. The van der Waals surface area contributed by atoms with Crippen LogP contribution in [-0.2, 0) is 16.8 Å². The molecular formula is C68H54NO5. The van der Waals surface area contributed by atoms with Crippen LogP contribution in [0.2, 0.25) is 0 Å². The summed E-state index contributed by atoms with van der Waals surface area (Å²) in [5.74, 6) is 17.1. The van der Waals surface area contributed by atoms with Crippen molar-refractivity contribution >= 4 is 43.1 Å². The third kappa shape index (κ3) is 9.83. The third-order valence-electron chi connectivity index (χ3n) is 13.9. The van der Waals surface area contributed by atoms with Gasteiger partial charge < -0.3 is 23.7 Å². The molecule has 1 radical (unpaired) electrons. The molecule has 361 valence electrons. The second-order valence-corrected chi connectivity index (χ2v) is 18.4. The summed E-state index contributed by atoms with van der Waals surface area (Å²) in [6, 6.07) is 68.5. The van der Waals surface area contributed by atoms with Crippen LogP contribution in [0.25, 0.3) is 43.1 Å². The summed E-state index contributed by atoms with van der Waals surface area (Å²) >= 11 is 0. The highest BCUT2D eigenvalue weighted by atomic mass is 16.5. The van der Waals surface area contributed by atoms with Gasteiger partial charge in [-0.25, -0.2) is 0 Å². The fourth-order valence-electron chi connectivity index (χ4n) is 10.2. The van der Waals surface area contributed by atoms with Crippen LogP contribution < -0.4 is 18.9 Å². The molecule has 2 unspecified atom stereocenters. The monoisotopic (exact) mass is 964 g/mol. The smallest absolute Gasteiger partial charge is 0.143 e. The summed E-state index contributed by atoms with van der Waals surface area (Å²) < 4.78 is 29.8. The van der Waals surface area contributed by atoms with E-state index in [1.54, 1.807) is 28.4 Å². The Morgan fingerprint density at radius 3 is 1.42 bits per heavy atom. The van der Waals surface area contributed by atoms with Gasteiger partial charge in [-0.3, -0.25) is 0 Å². The maximum absolute atomic E-state index is 10.3. The van der Waals surface area contributed by atoms with Crippen molar-refractivity contribution in [3.05, 3.63) is 246 Å². The van der Waals surface area contributed by atoms with Crippen LogP contribution >= 0.6 is 0 Å². The Hall–Kier alpha value is -8.99. The van der Waals surface area contributed by atoms with Gasteiger partial charge in [-0.05, 0) is 170 Å². The molecule has 10 aromatic carbocycles. The summed E-state index contributed by atoms with van der Waals surface area (Å²) in [6.45, 7) is 4.58. The van der Waals surface area contributed by atoms with E-state index in [2.05, 4.69) is 152 Å². The molecule has 6 nitrogen and oxygen atoms in total. The molecule has 0 aliphatic heterocycles. The van der Waals surface area contributed by atoms with Crippen LogP contribution in [0.3, 0.4) is 0 Å². The van der Waals surface area contributed by atoms with Gasteiger partial charge in [-0.1, -0.05) is 139 Å². The first-order chi connectivity index (χ1) is 36.3. The normalized spacial score (nSPS) is 12.0. The first-order valence-corrected chi connectivity index (χ1v) is 24.7. The first kappa shape index (κ1) is 48.6. The Kier molecular flexibility index (Phi) is 14.3. The Labute approximate surface area is 433 Å². The average molecular weight is 965 g/mol. The fourth-order valence-corrected chi connectivity index (χ4v) is 10.2. The standard InChI is InChI=1S/C68H54NO5/c1-46(44-69)39-48(45-74-68(53-17-7-6-8-18-53,54-24-28-56(70-2)29-25-54)55-26-30-57(71-3)31-27-55)40-47-21-34-65-64(35-22-49-13-11-15-51-42-58(72-4)32-37-60(49)51)62-19-9-10-20-63(62)66(67(65)41-47)36-23-50-14-12-16-52-43-59(73-5)33-38-61(50)52/h6-21,24-34,37-38,41-43,46,48H,1,39-40,45H2,2-5H3. The summed E-state index contributed by atoms with van der Waals surface area (Å²) in [7, 11) is 6.70. The molecule has 74 heavy (non-hydrogen) atoms. The minimum atomic E-state index is -1.04. The van der Waals surface area contributed by atoms with Gasteiger partial charge in [-0.2, -0.15) is 5.26 Å². The molecule has 0 aliphatic carbocycles. The zero-order valence-electron chi connectivity index (χ0n) is 41.9. The summed E-state index contributed by atoms with van der Waals surface area (Å²) in [5, 5.41) is 18.5. The van der Waals surface area contributed by atoms with E-state index in [0.29, 0.717) is 19.4 Å². The number of ether oxygens (including phenoxy) is 5. The van der Waals surface area contributed by atoms with Gasteiger partial charge in [0, 0.05) is 28.2 Å². The molecular weight excluding hydrogens is 911 g/mol. The van der Waals surface area contributed by atoms with Crippen LogP contribution in [0, 0.1) is 53.8 Å². The zero-order valence-corrected chi connectivity index (χ0v) is 41.9. The number of nitriles is 1. The van der Waals surface area contributed by atoms with Crippen molar-refractivity contribution in [3.63, 3.8) is 0 Å². The summed E-state index contributed by atoms with van der Waals surface area (Å²) in [5.41, 5.74) is 6.54. The highest BCUT2D eigenvalue weighted by Crippen LogP contribution is 2.43. The number of methoxy groups -OCH3 is 4. The lowest BCUT2D eigenvalue weighted by Gasteiger charge is -2.37. The number of hydrogen-bond donors (Lipinski definition) is 0. The Bertz CT molecular complexity index is 3790. The Balaban J connectivity index is 1.12. The van der Waals surface area contributed by atoms with Gasteiger partial charge in [0.2, 0.25) is 0 Å². The van der Waals surface area contributed by atoms with E-state index in [0.717, 1.165) is 111 Å². The topological polar surface area (TPSA) is 69.9 Å². The van der Waals surface area contributed by atoms with Crippen LogP contribution in [0.1, 0.15) is 50.9 Å². The molecule has 0 saturated carbocycles. The maximum Gasteiger partial charge on any atom is 0.143 e. The number of fused-ring (bicyclic) bond motifs is 4. The SMILES string of the molecule is [CH2]C(C#N)CC(COC(c1ccccc1)(c1ccc(OC)cc1)c1ccc(OC)cc1)Cc1ccc2c(C#Cc3cccc4cc(OC)ccc34)c3ccccc3c(C#Cc3cccc4cc(OC)ccc34)c2c1. The predicted molar refractivity (Wildman–Crippen MR) is 299 cm³/mol. The number of benzene rings is 10. The molecule has 0 N–H and O–H groups in total. The fraction of sp³-hybridized carbons (Fsp3) is 0.147. The van der Waals surface area contributed by atoms with Gasteiger partial charge in [0.25, 0.3) is 0 Å². The highest BCUT2D eigenvalue weighted by Gasteiger charge is 2.39. The number of rotatable bonds is 14. The van der Waals surface area contributed by atoms with Crippen LogP contribution in [0.5, 0.6) is 23.0 Å². The molecule has 0 aromatic heterocycles.